The van der Waals surface area contributed by atoms with Gasteiger partial charge in [-0.3, -0.25) is 0 Å². The number of hydrogen-bond donors (Lipinski definition) is 3. The molecule has 110 valence electrons. The van der Waals surface area contributed by atoms with Crippen molar-refractivity contribution in [2.45, 2.75) is 0 Å². The van der Waals surface area contributed by atoms with Gasteiger partial charge in [0.1, 0.15) is 16.5 Å². The maximum Gasteiger partial charge on any atom is 0.348 e. The van der Waals surface area contributed by atoms with Crippen molar-refractivity contribution in [1.29, 1.82) is 0 Å². The van der Waals surface area contributed by atoms with Crippen LogP contribution in [0.3, 0.4) is 0 Å². The minimum atomic E-state index is -0.805. The number of benzene rings is 1. The predicted molar refractivity (Wildman–Crippen MR) is 75.9 cm³/mol. The Morgan fingerprint density at radius 1 is 1.20 bits per heavy atom. The molecule has 0 aliphatic rings. The number of rotatable bonds is 4. The lowest BCUT2D eigenvalue weighted by Gasteiger charge is -2.16. The van der Waals surface area contributed by atoms with Crippen LogP contribution < -0.4 is 31.0 Å². The average molecular weight is 303 g/mol. The van der Waals surface area contributed by atoms with Crippen molar-refractivity contribution in [2.75, 3.05) is 26.6 Å². The Bertz CT molecular complexity index is 544. The quantitative estimate of drug-likeness (QED) is 0.567. The van der Waals surface area contributed by atoms with Crippen LogP contribution >= 0.6 is 11.6 Å². The summed E-state index contributed by atoms with van der Waals surface area (Å²) < 4.78 is 15.4. The molecule has 2 amide bonds. The van der Waals surface area contributed by atoms with Gasteiger partial charge in [0.05, 0.1) is 21.3 Å². The molecule has 0 unspecified atom stereocenters. The van der Waals surface area contributed by atoms with Gasteiger partial charge in [-0.1, -0.05) is 11.6 Å². The number of aliphatic imine (C=N–C) groups is 1. The molecule has 0 saturated heterocycles. The molecule has 0 saturated carbocycles. The third-order valence-electron chi connectivity index (χ3n) is 2.26. The highest BCUT2D eigenvalue weighted by Gasteiger charge is 2.20. The van der Waals surface area contributed by atoms with Gasteiger partial charge in [0.2, 0.25) is 0 Å². The van der Waals surface area contributed by atoms with E-state index >= 15 is 0 Å². The molecule has 0 atom stereocenters. The molecule has 1 rings (SSSR count). The lowest BCUT2D eigenvalue weighted by molar-refractivity contribution is 0.259. The molecule has 0 fully saturated rings. The average Bonchev–Trinajstić information content (AvgIpc) is 2.39. The molecule has 9 heteroatoms. The molecule has 5 N–H and O–H groups in total. The zero-order valence-electron chi connectivity index (χ0n) is 11.2. The Morgan fingerprint density at radius 2 is 1.80 bits per heavy atom. The van der Waals surface area contributed by atoms with Crippen LogP contribution in [0.1, 0.15) is 0 Å². The van der Waals surface area contributed by atoms with E-state index in [0.29, 0.717) is 11.5 Å². The Balaban J connectivity index is 3.34. The summed E-state index contributed by atoms with van der Waals surface area (Å²) in [6.07, 6.45) is 0. The van der Waals surface area contributed by atoms with Crippen molar-refractivity contribution in [3.05, 3.63) is 11.1 Å². The summed E-state index contributed by atoms with van der Waals surface area (Å²) in [4.78, 5) is 14.9. The highest BCUT2D eigenvalue weighted by molar-refractivity contribution is 6.35. The number of guanidine groups is 1. The van der Waals surface area contributed by atoms with Gasteiger partial charge in [-0.05, 0) is 0 Å². The van der Waals surface area contributed by atoms with E-state index in [1.165, 1.54) is 27.4 Å². The van der Waals surface area contributed by atoms with E-state index < -0.39 is 6.03 Å². The molecule has 8 nitrogen and oxygen atoms in total. The van der Waals surface area contributed by atoms with Crippen LogP contribution in [0.25, 0.3) is 0 Å². The van der Waals surface area contributed by atoms with E-state index in [1.54, 1.807) is 0 Å². The van der Waals surface area contributed by atoms with Crippen molar-refractivity contribution < 1.29 is 19.0 Å². The number of anilines is 1. The third-order valence-corrected chi connectivity index (χ3v) is 2.63. The number of halogens is 1. The van der Waals surface area contributed by atoms with Crippen LogP contribution in [0.2, 0.25) is 5.02 Å². The zero-order chi connectivity index (χ0) is 15.3. The predicted octanol–water partition coefficient (Wildman–Crippen LogP) is 1.17. The Labute approximate surface area is 120 Å². The first kappa shape index (κ1) is 15.7. The van der Waals surface area contributed by atoms with Gasteiger partial charge < -0.3 is 31.0 Å². The van der Waals surface area contributed by atoms with Gasteiger partial charge in [0.25, 0.3) is 0 Å². The van der Waals surface area contributed by atoms with E-state index in [2.05, 4.69) is 10.3 Å². The molecule has 0 spiro atoms. The summed E-state index contributed by atoms with van der Waals surface area (Å²) in [6.45, 7) is 0. The summed E-state index contributed by atoms with van der Waals surface area (Å²) in [6, 6.07) is 0.720. The number of methoxy groups -OCH3 is 3. The largest absolute Gasteiger partial charge is 0.495 e. The SMILES string of the molecule is COc1cc(OC)c(OC)c(NC(=O)N=C(N)N)c1Cl. The molecular weight excluding hydrogens is 288 g/mol. The second-order valence-corrected chi connectivity index (χ2v) is 3.85. The topological polar surface area (TPSA) is 121 Å². The fourth-order valence-electron chi connectivity index (χ4n) is 1.46. The molecular formula is C11H15ClN4O4. The smallest absolute Gasteiger partial charge is 0.348 e. The molecule has 0 heterocycles. The minimum Gasteiger partial charge on any atom is -0.495 e. The van der Waals surface area contributed by atoms with E-state index in [-0.39, 0.29) is 22.4 Å². The van der Waals surface area contributed by atoms with Gasteiger partial charge in [-0.15, -0.1) is 0 Å². The molecule has 1 aromatic carbocycles. The second kappa shape index (κ2) is 6.71. The van der Waals surface area contributed by atoms with Gasteiger partial charge in [-0.25, -0.2) is 4.79 Å². The maximum atomic E-state index is 11.6. The van der Waals surface area contributed by atoms with Gasteiger partial charge in [0, 0.05) is 6.07 Å². The van der Waals surface area contributed by atoms with Gasteiger partial charge in [-0.2, -0.15) is 4.99 Å². The van der Waals surface area contributed by atoms with Crippen molar-refractivity contribution in [1.82, 2.24) is 0 Å². The van der Waals surface area contributed by atoms with Crippen molar-refractivity contribution in [2.24, 2.45) is 16.5 Å². The number of carbonyl (C=O) groups excluding carboxylic acids is 1. The number of nitrogens with zero attached hydrogens (tertiary/aromatic N) is 1. The fraction of sp³-hybridized carbons (Fsp3) is 0.273. The Hall–Kier alpha value is -2.35. The Kier molecular flexibility index (Phi) is 5.27. The third kappa shape index (κ3) is 3.35. The number of urea groups is 1. The number of hydrogen-bond acceptors (Lipinski definition) is 4. The molecule has 0 aliphatic heterocycles. The first-order chi connectivity index (χ1) is 9.44. The van der Waals surface area contributed by atoms with Crippen molar-refractivity contribution >= 4 is 29.3 Å². The highest BCUT2D eigenvalue weighted by atomic mass is 35.5. The van der Waals surface area contributed by atoms with E-state index in [0.717, 1.165) is 0 Å². The van der Waals surface area contributed by atoms with E-state index in [1.807, 2.05) is 0 Å². The van der Waals surface area contributed by atoms with Crippen LogP contribution in [0, 0.1) is 0 Å². The highest BCUT2D eigenvalue weighted by Crippen LogP contribution is 2.46. The fourth-order valence-corrected chi connectivity index (χ4v) is 1.73. The standard InChI is InChI=1S/C11H15ClN4O4/c1-18-5-4-6(19-2)9(20-3)8(7(5)12)15-11(17)16-10(13)14/h4H,1-3H3,(H5,13,14,15,16,17). The van der Waals surface area contributed by atoms with Crippen LogP contribution in [-0.4, -0.2) is 33.3 Å². The number of amides is 2. The lowest BCUT2D eigenvalue weighted by atomic mass is 10.2. The monoisotopic (exact) mass is 302 g/mol. The molecule has 0 bridgehead atoms. The summed E-state index contributed by atoms with van der Waals surface area (Å²) in [7, 11) is 4.26. The van der Waals surface area contributed by atoms with Crippen LogP contribution in [0.4, 0.5) is 10.5 Å². The first-order valence-electron chi connectivity index (χ1n) is 5.33. The number of nitrogens with one attached hydrogen (secondary N) is 1. The molecule has 0 aromatic heterocycles. The first-order valence-corrected chi connectivity index (χ1v) is 5.71. The van der Waals surface area contributed by atoms with Crippen LogP contribution in [0.5, 0.6) is 17.2 Å². The van der Waals surface area contributed by atoms with Gasteiger partial charge >= 0.3 is 6.03 Å². The van der Waals surface area contributed by atoms with Gasteiger partial charge in [0.15, 0.2) is 17.5 Å². The van der Waals surface area contributed by atoms with Crippen molar-refractivity contribution in [3.8, 4) is 17.2 Å². The minimum absolute atomic E-state index is 0.129. The zero-order valence-corrected chi connectivity index (χ0v) is 11.9. The number of ether oxygens (including phenoxy) is 3. The molecule has 0 radical (unpaired) electrons. The summed E-state index contributed by atoms with van der Waals surface area (Å²) in [5, 5.41) is 2.54. The molecule has 20 heavy (non-hydrogen) atoms. The summed E-state index contributed by atoms with van der Waals surface area (Å²) in [5.41, 5.74) is 10.4. The number of nitrogens with two attached hydrogens (primary N) is 2. The van der Waals surface area contributed by atoms with E-state index in [4.69, 9.17) is 37.3 Å². The Morgan fingerprint density at radius 3 is 2.25 bits per heavy atom. The summed E-state index contributed by atoms with van der Waals surface area (Å²) in [5.74, 6) is 0.461. The lowest BCUT2D eigenvalue weighted by Crippen LogP contribution is -2.25. The normalized spacial score (nSPS) is 9.60. The maximum absolute atomic E-state index is 11.6. The molecule has 0 aliphatic carbocycles. The molecule has 1 aromatic rings. The summed E-state index contributed by atoms with van der Waals surface area (Å²) >= 11 is 6.12. The number of carbonyl (C=O) groups is 1. The van der Waals surface area contributed by atoms with Crippen LogP contribution in [0.15, 0.2) is 11.1 Å². The van der Waals surface area contributed by atoms with Crippen LogP contribution in [-0.2, 0) is 0 Å². The van der Waals surface area contributed by atoms with E-state index in [9.17, 15) is 4.79 Å². The second-order valence-electron chi connectivity index (χ2n) is 3.47. The van der Waals surface area contributed by atoms with Crippen molar-refractivity contribution in [3.63, 3.8) is 0 Å².